The second kappa shape index (κ2) is 7.27. The molecule has 1 aromatic heterocycles. The van der Waals surface area contributed by atoms with Gasteiger partial charge >= 0.3 is 5.97 Å². The molecule has 0 spiro atoms. The van der Waals surface area contributed by atoms with Crippen LogP contribution in [0.2, 0.25) is 5.02 Å². The monoisotopic (exact) mass is 363 g/mol. The molecule has 25 heavy (non-hydrogen) atoms. The highest BCUT2D eigenvalue weighted by Gasteiger charge is 2.24. The number of carboxylic acids is 1. The van der Waals surface area contributed by atoms with Crippen molar-refractivity contribution < 1.29 is 14.7 Å². The van der Waals surface area contributed by atoms with Crippen LogP contribution in [0.5, 0.6) is 0 Å². The van der Waals surface area contributed by atoms with Gasteiger partial charge in [0.15, 0.2) is 0 Å². The Balaban J connectivity index is 2.27. The number of carboxylic acid groups (broad SMARTS) is 1. The molecular weight excluding hydrogens is 342 g/mol. The van der Waals surface area contributed by atoms with Crippen LogP contribution in [0, 0.1) is 6.92 Å². The Bertz CT molecular complexity index is 776. The quantitative estimate of drug-likeness (QED) is 0.850. The minimum absolute atomic E-state index is 0.222. The van der Waals surface area contributed by atoms with Crippen LogP contribution in [0.1, 0.15) is 54.8 Å². The molecule has 6 nitrogen and oxygen atoms in total. The van der Waals surface area contributed by atoms with Crippen LogP contribution in [0.15, 0.2) is 30.5 Å². The van der Waals surface area contributed by atoms with Gasteiger partial charge in [0.1, 0.15) is 0 Å². The predicted molar refractivity (Wildman–Crippen MR) is 95.9 cm³/mol. The van der Waals surface area contributed by atoms with Crippen molar-refractivity contribution in [2.45, 2.75) is 45.7 Å². The molecule has 1 amide bonds. The maximum absolute atomic E-state index is 12.7. The summed E-state index contributed by atoms with van der Waals surface area (Å²) in [5.74, 6) is -1.35. The topological polar surface area (TPSA) is 84.2 Å². The average molecular weight is 364 g/mol. The van der Waals surface area contributed by atoms with Crippen LogP contribution >= 0.6 is 11.6 Å². The summed E-state index contributed by atoms with van der Waals surface area (Å²) in [6, 6.07) is 6.10. The lowest BCUT2D eigenvalue weighted by Gasteiger charge is -2.22. The minimum Gasteiger partial charge on any atom is -0.481 e. The second-order valence-corrected chi connectivity index (χ2v) is 7.34. The lowest BCUT2D eigenvalue weighted by molar-refractivity contribution is -0.137. The molecule has 0 bridgehead atoms. The minimum atomic E-state index is -0.998. The number of hydrogen-bond donors (Lipinski definition) is 2. The Morgan fingerprint density at radius 1 is 1.28 bits per heavy atom. The molecule has 2 N–H and O–H groups in total. The van der Waals surface area contributed by atoms with Gasteiger partial charge in [0, 0.05) is 10.7 Å². The molecule has 0 aliphatic carbocycles. The number of aliphatic carboxylic acids is 1. The van der Waals surface area contributed by atoms with Gasteiger partial charge < -0.3 is 10.4 Å². The summed E-state index contributed by atoms with van der Waals surface area (Å²) in [5.41, 5.74) is 1.59. The largest absolute Gasteiger partial charge is 0.481 e. The number of aromatic nitrogens is 2. The van der Waals surface area contributed by atoms with Gasteiger partial charge in [-0.3, -0.25) is 14.3 Å². The average Bonchev–Trinajstić information content (AvgIpc) is 2.88. The molecule has 2 rings (SSSR count). The van der Waals surface area contributed by atoms with E-state index < -0.39 is 12.0 Å². The van der Waals surface area contributed by atoms with Gasteiger partial charge in [0.05, 0.1) is 29.8 Å². The zero-order valence-corrected chi connectivity index (χ0v) is 15.5. The summed E-state index contributed by atoms with van der Waals surface area (Å²) >= 11 is 5.88. The van der Waals surface area contributed by atoms with E-state index in [1.54, 1.807) is 28.9 Å². The number of amides is 1. The van der Waals surface area contributed by atoms with Crippen molar-refractivity contribution in [2.24, 2.45) is 0 Å². The summed E-state index contributed by atoms with van der Waals surface area (Å²) in [6.45, 7) is 7.81. The maximum atomic E-state index is 12.7. The van der Waals surface area contributed by atoms with E-state index in [1.165, 1.54) is 6.20 Å². The SMILES string of the molecule is Cc1c(C(=O)N[C@@H](CC(=O)O)c2ccc(Cl)cc2)cnn1C(C)(C)C. The summed E-state index contributed by atoms with van der Waals surface area (Å²) in [6.07, 6.45) is 1.29. The van der Waals surface area contributed by atoms with E-state index in [1.807, 2.05) is 27.7 Å². The number of rotatable bonds is 5. The normalized spacial score (nSPS) is 12.7. The molecule has 0 unspecified atom stereocenters. The Morgan fingerprint density at radius 3 is 2.36 bits per heavy atom. The first kappa shape index (κ1) is 19.0. The van der Waals surface area contributed by atoms with E-state index in [0.717, 1.165) is 5.69 Å². The fraction of sp³-hybridized carbons (Fsp3) is 0.389. The third kappa shape index (κ3) is 4.60. The smallest absolute Gasteiger partial charge is 0.305 e. The molecule has 1 heterocycles. The molecule has 0 aliphatic rings. The van der Waals surface area contributed by atoms with Crippen molar-refractivity contribution in [2.75, 3.05) is 0 Å². The van der Waals surface area contributed by atoms with Crippen LogP contribution < -0.4 is 5.32 Å². The molecular formula is C18H22ClN3O3. The molecule has 1 atom stereocenters. The van der Waals surface area contributed by atoms with Gasteiger partial charge in [-0.25, -0.2) is 0 Å². The summed E-state index contributed by atoms with van der Waals surface area (Å²) in [5, 5.41) is 16.8. The summed E-state index contributed by atoms with van der Waals surface area (Å²) < 4.78 is 1.77. The second-order valence-electron chi connectivity index (χ2n) is 6.90. The zero-order valence-electron chi connectivity index (χ0n) is 14.7. The molecule has 2 aromatic rings. The highest BCUT2D eigenvalue weighted by atomic mass is 35.5. The van der Waals surface area contributed by atoms with Crippen molar-refractivity contribution in [1.29, 1.82) is 0 Å². The Labute approximate surface area is 151 Å². The number of hydrogen-bond acceptors (Lipinski definition) is 3. The number of carbonyl (C=O) groups excluding carboxylic acids is 1. The van der Waals surface area contributed by atoms with E-state index in [2.05, 4.69) is 10.4 Å². The number of nitrogens with zero attached hydrogens (tertiary/aromatic N) is 2. The number of benzene rings is 1. The van der Waals surface area contributed by atoms with Crippen molar-refractivity contribution in [3.05, 3.63) is 52.3 Å². The number of carbonyl (C=O) groups is 2. The van der Waals surface area contributed by atoms with Crippen molar-refractivity contribution in [3.8, 4) is 0 Å². The standard InChI is InChI=1S/C18H22ClN3O3/c1-11-14(10-20-22(11)18(2,3)4)17(25)21-15(9-16(23)24)12-5-7-13(19)8-6-12/h5-8,10,15H,9H2,1-4H3,(H,21,25)(H,23,24)/t15-/m0/s1. The third-order valence-electron chi connectivity index (χ3n) is 3.85. The van der Waals surface area contributed by atoms with Crippen LogP contribution in [0.3, 0.4) is 0 Å². The number of nitrogens with one attached hydrogen (secondary N) is 1. The first-order valence-electron chi connectivity index (χ1n) is 7.93. The van der Waals surface area contributed by atoms with E-state index in [9.17, 15) is 9.59 Å². The lowest BCUT2D eigenvalue weighted by atomic mass is 10.0. The van der Waals surface area contributed by atoms with Crippen molar-refractivity contribution >= 4 is 23.5 Å². The van der Waals surface area contributed by atoms with Gasteiger partial charge in [-0.2, -0.15) is 5.10 Å². The van der Waals surface area contributed by atoms with Gasteiger partial charge in [0.25, 0.3) is 5.91 Å². The maximum Gasteiger partial charge on any atom is 0.305 e. The van der Waals surface area contributed by atoms with E-state index in [-0.39, 0.29) is 17.9 Å². The van der Waals surface area contributed by atoms with Crippen LogP contribution in [-0.4, -0.2) is 26.8 Å². The van der Waals surface area contributed by atoms with Crippen LogP contribution in [0.25, 0.3) is 0 Å². The molecule has 0 saturated heterocycles. The highest BCUT2D eigenvalue weighted by Crippen LogP contribution is 2.22. The van der Waals surface area contributed by atoms with Crippen LogP contribution in [0.4, 0.5) is 0 Å². The fourth-order valence-electron chi connectivity index (χ4n) is 2.67. The molecule has 0 aliphatic heterocycles. The molecule has 7 heteroatoms. The van der Waals surface area contributed by atoms with Gasteiger partial charge in [-0.15, -0.1) is 0 Å². The zero-order chi connectivity index (χ0) is 18.8. The first-order valence-corrected chi connectivity index (χ1v) is 8.30. The van der Waals surface area contributed by atoms with Gasteiger partial charge in [-0.1, -0.05) is 23.7 Å². The summed E-state index contributed by atoms with van der Waals surface area (Å²) in [4.78, 5) is 23.8. The highest BCUT2D eigenvalue weighted by molar-refractivity contribution is 6.30. The van der Waals surface area contributed by atoms with E-state index >= 15 is 0 Å². The molecule has 1 aromatic carbocycles. The van der Waals surface area contributed by atoms with E-state index in [4.69, 9.17) is 16.7 Å². The molecule has 0 saturated carbocycles. The lowest BCUT2D eigenvalue weighted by Crippen LogP contribution is -2.31. The Morgan fingerprint density at radius 2 is 1.88 bits per heavy atom. The Hall–Kier alpha value is -2.34. The fourth-order valence-corrected chi connectivity index (χ4v) is 2.79. The van der Waals surface area contributed by atoms with Gasteiger partial charge in [0.2, 0.25) is 0 Å². The van der Waals surface area contributed by atoms with Crippen LogP contribution in [-0.2, 0) is 10.3 Å². The van der Waals surface area contributed by atoms with Crippen molar-refractivity contribution in [1.82, 2.24) is 15.1 Å². The third-order valence-corrected chi connectivity index (χ3v) is 4.10. The predicted octanol–water partition coefficient (Wildman–Crippen LogP) is 3.55. The van der Waals surface area contributed by atoms with Crippen molar-refractivity contribution in [3.63, 3.8) is 0 Å². The number of halogens is 1. The molecule has 134 valence electrons. The summed E-state index contributed by atoms with van der Waals surface area (Å²) in [7, 11) is 0. The molecule has 0 radical (unpaired) electrons. The van der Waals surface area contributed by atoms with E-state index in [0.29, 0.717) is 16.1 Å². The molecule has 0 fully saturated rings. The Kier molecular flexibility index (Phi) is 5.52. The first-order chi connectivity index (χ1) is 11.6. The van der Waals surface area contributed by atoms with Gasteiger partial charge in [-0.05, 0) is 45.4 Å².